The van der Waals surface area contributed by atoms with E-state index in [4.69, 9.17) is 11.6 Å². The van der Waals surface area contributed by atoms with Crippen molar-refractivity contribution in [2.45, 2.75) is 30.7 Å². The summed E-state index contributed by atoms with van der Waals surface area (Å²) in [6.07, 6.45) is 1.15. The first-order chi connectivity index (χ1) is 15.3. The van der Waals surface area contributed by atoms with Gasteiger partial charge in [0, 0.05) is 43.3 Å². The lowest BCUT2D eigenvalue weighted by Gasteiger charge is -2.37. The zero-order valence-electron chi connectivity index (χ0n) is 17.9. The van der Waals surface area contributed by atoms with Crippen LogP contribution in [0.3, 0.4) is 0 Å². The van der Waals surface area contributed by atoms with Gasteiger partial charge in [0.1, 0.15) is 6.04 Å². The lowest BCUT2D eigenvalue weighted by molar-refractivity contribution is -0.136. The van der Waals surface area contributed by atoms with Crippen molar-refractivity contribution < 1.29 is 18.0 Å². The van der Waals surface area contributed by atoms with Crippen molar-refractivity contribution in [2.75, 3.05) is 32.7 Å². The van der Waals surface area contributed by atoms with Crippen molar-refractivity contribution >= 4 is 33.4 Å². The Morgan fingerprint density at radius 3 is 2.25 bits per heavy atom. The predicted octanol–water partition coefficient (Wildman–Crippen LogP) is 2.79. The van der Waals surface area contributed by atoms with Gasteiger partial charge in [-0.25, -0.2) is 8.42 Å². The quantitative estimate of drug-likeness (QED) is 0.681. The monoisotopic (exact) mass is 475 g/mol. The highest BCUT2D eigenvalue weighted by molar-refractivity contribution is 7.89. The van der Waals surface area contributed by atoms with Crippen LogP contribution in [0.1, 0.15) is 28.8 Å². The number of hydrogen-bond donors (Lipinski definition) is 0. The number of carbonyl (C=O) groups excluding carboxylic acids is 2. The van der Waals surface area contributed by atoms with Crippen LogP contribution in [0.4, 0.5) is 0 Å². The topological polar surface area (TPSA) is 78.0 Å². The number of nitrogens with zero attached hydrogens (tertiary/aromatic N) is 3. The summed E-state index contributed by atoms with van der Waals surface area (Å²) >= 11 is 5.99. The Morgan fingerprint density at radius 1 is 0.938 bits per heavy atom. The number of hydrogen-bond acceptors (Lipinski definition) is 4. The highest BCUT2D eigenvalue weighted by Gasteiger charge is 2.41. The van der Waals surface area contributed by atoms with Gasteiger partial charge in [0.2, 0.25) is 15.9 Å². The van der Waals surface area contributed by atoms with Crippen molar-refractivity contribution in [1.29, 1.82) is 0 Å². The van der Waals surface area contributed by atoms with Gasteiger partial charge in [0.05, 0.1) is 4.90 Å². The van der Waals surface area contributed by atoms with Gasteiger partial charge in [-0.3, -0.25) is 9.59 Å². The Labute approximate surface area is 193 Å². The first kappa shape index (κ1) is 22.8. The van der Waals surface area contributed by atoms with Crippen LogP contribution in [-0.2, 0) is 14.8 Å². The SMILES string of the molecule is Cc1ccc(S(=O)(=O)N2CCC[C@H]2C(=O)N2CCN(C(=O)c3cccc(Cl)c3)CC2)cc1. The van der Waals surface area contributed by atoms with Gasteiger partial charge in [0.15, 0.2) is 0 Å². The molecule has 2 saturated heterocycles. The fourth-order valence-electron chi connectivity index (χ4n) is 4.27. The zero-order valence-corrected chi connectivity index (χ0v) is 19.5. The number of carbonyl (C=O) groups is 2. The second-order valence-corrected chi connectivity index (χ2v) is 10.5. The first-order valence-electron chi connectivity index (χ1n) is 10.7. The van der Waals surface area contributed by atoms with E-state index in [1.807, 2.05) is 6.92 Å². The Morgan fingerprint density at radius 2 is 1.59 bits per heavy atom. The molecule has 0 N–H and O–H groups in total. The molecule has 0 aliphatic carbocycles. The van der Waals surface area contributed by atoms with Crippen LogP contribution in [-0.4, -0.2) is 73.1 Å². The van der Waals surface area contributed by atoms with Crippen LogP contribution in [0.2, 0.25) is 5.02 Å². The van der Waals surface area contributed by atoms with Gasteiger partial charge in [-0.1, -0.05) is 35.4 Å². The van der Waals surface area contributed by atoms with Crippen molar-refractivity contribution in [3.63, 3.8) is 0 Å². The third-order valence-corrected chi connectivity index (χ3v) is 8.22. The van der Waals surface area contributed by atoms with Crippen LogP contribution in [0.25, 0.3) is 0 Å². The zero-order chi connectivity index (χ0) is 22.9. The molecule has 2 fully saturated rings. The third kappa shape index (κ3) is 4.53. The molecule has 32 heavy (non-hydrogen) atoms. The van der Waals surface area contributed by atoms with E-state index in [-0.39, 0.29) is 16.7 Å². The molecular weight excluding hydrogens is 450 g/mol. The Balaban J connectivity index is 1.42. The second kappa shape index (κ2) is 9.21. The molecule has 2 heterocycles. The molecule has 2 aliphatic heterocycles. The smallest absolute Gasteiger partial charge is 0.254 e. The molecule has 2 aliphatic rings. The van der Waals surface area contributed by atoms with Crippen molar-refractivity contribution in [3.05, 3.63) is 64.7 Å². The van der Waals surface area contributed by atoms with Crippen molar-refractivity contribution in [1.82, 2.24) is 14.1 Å². The molecule has 2 aromatic carbocycles. The standard InChI is InChI=1S/C23H26ClN3O4S/c1-17-7-9-20(10-8-17)32(30,31)27-11-3-6-21(27)23(29)26-14-12-25(13-15-26)22(28)18-4-2-5-19(24)16-18/h2,4-5,7-10,16,21H,3,6,11-15H2,1H3/t21-/m0/s1. The molecule has 4 rings (SSSR count). The maximum atomic E-state index is 13.2. The number of aryl methyl sites for hydroxylation is 1. The molecule has 0 spiro atoms. The molecule has 2 amide bonds. The Bertz CT molecular complexity index is 1110. The number of rotatable bonds is 4. The molecule has 9 heteroatoms. The number of benzene rings is 2. The predicted molar refractivity (Wildman–Crippen MR) is 122 cm³/mol. The maximum Gasteiger partial charge on any atom is 0.254 e. The van der Waals surface area contributed by atoms with Gasteiger partial charge in [-0.15, -0.1) is 0 Å². The van der Waals surface area contributed by atoms with Gasteiger partial charge in [0.25, 0.3) is 5.91 Å². The number of halogens is 1. The molecule has 0 saturated carbocycles. The van der Waals surface area contributed by atoms with Crippen molar-refractivity contribution in [2.24, 2.45) is 0 Å². The van der Waals surface area contributed by atoms with E-state index in [0.717, 1.165) is 5.56 Å². The number of piperazine rings is 1. The first-order valence-corrected chi connectivity index (χ1v) is 12.5. The molecule has 0 bridgehead atoms. The van der Waals surface area contributed by atoms with E-state index in [1.54, 1.807) is 58.3 Å². The fraction of sp³-hybridized carbons (Fsp3) is 0.391. The summed E-state index contributed by atoms with van der Waals surface area (Å²) in [5.41, 5.74) is 1.49. The summed E-state index contributed by atoms with van der Waals surface area (Å²) in [6.45, 7) is 3.78. The second-order valence-electron chi connectivity index (χ2n) is 8.21. The largest absolute Gasteiger partial charge is 0.338 e. The molecule has 170 valence electrons. The van der Waals surface area contributed by atoms with Crippen LogP contribution >= 0.6 is 11.6 Å². The molecule has 0 aromatic heterocycles. The third-order valence-electron chi connectivity index (χ3n) is 6.07. The van der Waals surface area contributed by atoms with E-state index >= 15 is 0 Å². The molecule has 0 unspecified atom stereocenters. The van der Waals surface area contributed by atoms with Crippen LogP contribution in [0.5, 0.6) is 0 Å². The number of sulfonamides is 1. The minimum atomic E-state index is -3.74. The fourth-order valence-corrected chi connectivity index (χ4v) is 6.11. The maximum absolute atomic E-state index is 13.2. The average Bonchev–Trinajstić information content (AvgIpc) is 3.29. The lowest BCUT2D eigenvalue weighted by Crippen LogP contribution is -2.55. The highest BCUT2D eigenvalue weighted by Crippen LogP contribution is 2.28. The number of amides is 2. The summed E-state index contributed by atoms with van der Waals surface area (Å²) in [4.78, 5) is 29.5. The molecule has 1 atom stereocenters. The van der Waals surface area contributed by atoms with E-state index in [9.17, 15) is 18.0 Å². The molecule has 2 aromatic rings. The van der Waals surface area contributed by atoms with E-state index in [0.29, 0.717) is 56.2 Å². The van der Waals surface area contributed by atoms with Gasteiger partial charge in [-0.05, 0) is 50.1 Å². The van der Waals surface area contributed by atoms with Crippen LogP contribution in [0.15, 0.2) is 53.4 Å². The van der Waals surface area contributed by atoms with E-state index in [1.165, 1.54) is 4.31 Å². The van der Waals surface area contributed by atoms with Gasteiger partial charge < -0.3 is 9.80 Å². The minimum Gasteiger partial charge on any atom is -0.338 e. The van der Waals surface area contributed by atoms with Crippen molar-refractivity contribution in [3.8, 4) is 0 Å². The van der Waals surface area contributed by atoms with Crippen LogP contribution in [0, 0.1) is 6.92 Å². The van der Waals surface area contributed by atoms with E-state index in [2.05, 4.69) is 0 Å². The molecule has 0 radical (unpaired) electrons. The summed E-state index contributed by atoms with van der Waals surface area (Å²) in [5, 5.41) is 0.501. The Hall–Kier alpha value is -2.42. The summed E-state index contributed by atoms with van der Waals surface area (Å²) < 4.78 is 27.7. The minimum absolute atomic E-state index is 0.121. The van der Waals surface area contributed by atoms with Crippen LogP contribution < -0.4 is 0 Å². The van der Waals surface area contributed by atoms with E-state index < -0.39 is 16.1 Å². The highest BCUT2D eigenvalue weighted by atomic mass is 35.5. The lowest BCUT2D eigenvalue weighted by atomic mass is 10.1. The normalized spacial score (nSPS) is 19.9. The average molecular weight is 476 g/mol. The van der Waals surface area contributed by atoms with Gasteiger partial charge >= 0.3 is 0 Å². The summed E-state index contributed by atoms with van der Waals surface area (Å²) in [6, 6.07) is 12.8. The Kier molecular flexibility index (Phi) is 6.55. The molecule has 7 nitrogen and oxygen atoms in total. The summed E-state index contributed by atoms with van der Waals surface area (Å²) in [5.74, 6) is -0.308. The summed E-state index contributed by atoms with van der Waals surface area (Å²) in [7, 11) is -3.74. The molecular formula is C23H26ClN3O4S. The van der Waals surface area contributed by atoms with Gasteiger partial charge in [-0.2, -0.15) is 4.31 Å².